The van der Waals surface area contributed by atoms with Gasteiger partial charge in [-0.2, -0.15) is 4.99 Å². The minimum atomic E-state index is -0.366. The van der Waals surface area contributed by atoms with Crippen molar-refractivity contribution in [3.63, 3.8) is 0 Å². The molecule has 0 aliphatic carbocycles. The summed E-state index contributed by atoms with van der Waals surface area (Å²) in [5.41, 5.74) is 12.0. The molecule has 4 N–H and O–H groups in total. The predicted molar refractivity (Wildman–Crippen MR) is 78.4 cm³/mol. The summed E-state index contributed by atoms with van der Waals surface area (Å²) in [7, 11) is 2.06. The molecule has 1 fully saturated rings. The molecule has 0 unspecified atom stereocenters. The van der Waals surface area contributed by atoms with Crippen LogP contribution in [0, 0.1) is 5.82 Å². The van der Waals surface area contributed by atoms with Crippen LogP contribution in [0.5, 0.6) is 0 Å². The summed E-state index contributed by atoms with van der Waals surface area (Å²) in [6, 6.07) is 5.85. The lowest BCUT2D eigenvalue weighted by Gasteiger charge is -2.32. The third kappa shape index (κ3) is 3.92. The van der Waals surface area contributed by atoms with Gasteiger partial charge in [-0.3, -0.25) is 0 Å². The summed E-state index contributed by atoms with van der Waals surface area (Å²) < 4.78 is 13.0. The van der Waals surface area contributed by atoms with Crippen LogP contribution >= 0.6 is 0 Å². The highest BCUT2D eigenvalue weighted by Gasteiger charge is 2.15. The standard InChI is InChI=1S/C13H19FN6/c1-19-5-7-20(8-6-19)13(16)18-12(15)17-11-4-2-3-10(14)9-11/h2-4,9H,5-8H2,1H3,(H4,15,16,17,18). The molecule has 0 radical (unpaired) electrons. The molecule has 20 heavy (non-hydrogen) atoms. The van der Waals surface area contributed by atoms with Gasteiger partial charge in [-0.15, -0.1) is 0 Å². The van der Waals surface area contributed by atoms with E-state index < -0.39 is 0 Å². The molecule has 108 valence electrons. The Morgan fingerprint density at radius 2 is 1.90 bits per heavy atom. The highest BCUT2D eigenvalue weighted by atomic mass is 19.1. The van der Waals surface area contributed by atoms with Gasteiger partial charge < -0.3 is 21.3 Å². The number of likely N-dealkylation sites (N-methyl/N-ethyl adjacent to an activating group) is 1. The van der Waals surface area contributed by atoms with E-state index in [1.165, 1.54) is 12.1 Å². The SMILES string of the molecule is CN1CCN(C(N)=NC(N)=Nc2cccc(F)c2)CC1. The first-order chi connectivity index (χ1) is 9.54. The molecule has 1 aromatic carbocycles. The zero-order valence-electron chi connectivity index (χ0n) is 11.5. The Morgan fingerprint density at radius 3 is 2.55 bits per heavy atom. The molecule has 0 bridgehead atoms. The van der Waals surface area contributed by atoms with Crippen molar-refractivity contribution in [2.75, 3.05) is 33.2 Å². The summed E-state index contributed by atoms with van der Waals surface area (Å²) in [5.74, 6) is -0.00199. The average molecular weight is 278 g/mol. The third-order valence-electron chi connectivity index (χ3n) is 3.11. The number of halogens is 1. The summed E-state index contributed by atoms with van der Waals surface area (Å²) in [4.78, 5) is 12.2. The number of rotatable bonds is 1. The molecule has 1 aromatic rings. The second kappa shape index (κ2) is 6.33. The van der Waals surface area contributed by atoms with E-state index in [1.54, 1.807) is 12.1 Å². The van der Waals surface area contributed by atoms with Gasteiger partial charge in [0.25, 0.3) is 0 Å². The fourth-order valence-electron chi connectivity index (χ4n) is 1.93. The molecule has 0 atom stereocenters. The van der Waals surface area contributed by atoms with E-state index in [-0.39, 0.29) is 11.8 Å². The molecule has 0 saturated carbocycles. The van der Waals surface area contributed by atoms with Crippen molar-refractivity contribution in [3.8, 4) is 0 Å². The van der Waals surface area contributed by atoms with Crippen molar-refractivity contribution >= 4 is 17.6 Å². The molecule has 1 saturated heterocycles. The Bertz CT molecular complexity index is 519. The molecule has 0 amide bonds. The van der Waals surface area contributed by atoms with Crippen LogP contribution in [-0.4, -0.2) is 54.9 Å². The van der Waals surface area contributed by atoms with Gasteiger partial charge in [-0.05, 0) is 25.2 Å². The van der Waals surface area contributed by atoms with Crippen LogP contribution in [0.15, 0.2) is 34.3 Å². The minimum Gasteiger partial charge on any atom is -0.369 e. The summed E-state index contributed by atoms with van der Waals surface area (Å²) in [6.07, 6.45) is 0. The van der Waals surface area contributed by atoms with E-state index in [0.717, 1.165) is 26.2 Å². The second-order valence-electron chi connectivity index (χ2n) is 4.71. The third-order valence-corrected chi connectivity index (χ3v) is 3.11. The number of hydrogen-bond acceptors (Lipinski definition) is 2. The smallest absolute Gasteiger partial charge is 0.223 e. The molecule has 1 aliphatic heterocycles. The Labute approximate surface area is 117 Å². The van der Waals surface area contributed by atoms with Gasteiger partial charge >= 0.3 is 0 Å². The number of aliphatic imine (C=N–C) groups is 2. The van der Waals surface area contributed by atoms with Crippen molar-refractivity contribution in [1.29, 1.82) is 0 Å². The van der Waals surface area contributed by atoms with E-state index in [0.29, 0.717) is 11.6 Å². The predicted octanol–water partition coefficient (Wildman–Crippen LogP) is 0.334. The van der Waals surface area contributed by atoms with Crippen LogP contribution in [0.25, 0.3) is 0 Å². The first kappa shape index (κ1) is 14.3. The molecule has 0 aromatic heterocycles. The maximum Gasteiger partial charge on any atom is 0.223 e. The lowest BCUT2D eigenvalue weighted by Crippen LogP contribution is -2.50. The van der Waals surface area contributed by atoms with Crippen molar-refractivity contribution in [3.05, 3.63) is 30.1 Å². The van der Waals surface area contributed by atoms with Crippen LogP contribution in [0.3, 0.4) is 0 Å². The maximum atomic E-state index is 13.0. The van der Waals surface area contributed by atoms with Crippen LogP contribution < -0.4 is 11.5 Å². The molecular formula is C13H19FN6. The second-order valence-corrected chi connectivity index (χ2v) is 4.71. The van der Waals surface area contributed by atoms with Crippen molar-refractivity contribution < 1.29 is 4.39 Å². The van der Waals surface area contributed by atoms with E-state index >= 15 is 0 Å². The highest BCUT2D eigenvalue weighted by Crippen LogP contribution is 2.12. The summed E-state index contributed by atoms with van der Waals surface area (Å²) in [6.45, 7) is 3.46. The molecule has 0 spiro atoms. The van der Waals surface area contributed by atoms with Crippen LogP contribution in [0.1, 0.15) is 0 Å². The fourth-order valence-corrected chi connectivity index (χ4v) is 1.93. The quantitative estimate of drug-likeness (QED) is 0.573. The van der Waals surface area contributed by atoms with Gasteiger partial charge in [0.1, 0.15) is 5.82 Å². The summed E-state index contributed by atoms with van der Waals surface area (Å²) >= 11 is 0. The van der Waals surface area contributed by atoms with E-state index in [4.69, 9.17) is 11.5 Å². The Hall–Kier alpha value is -2.15. The van der Waals surface area contributed by atoms with Gasteiger partial charge in [-0.1, -0.05) is 6.07 Å². The molecule has 1 heterocycles. The van der Waals surface area contributed by atoms with Gasteiger partial charge in [-0.25, -0.2) is 9.38 Å². The molecule has 7 heteroatoms. The monoisotopic (exact) mass is 278 g/mol. The zero-order valence-corrected chi connectivity index (χ0v) is 11.5. The van der Waals surface area contributed by atoms with Crippen LogP contribution in [0.4, 0.5) is 10.1 Å². The molecule has 1 aliphatic rings. The zero-order chi connectivity index (χ0) is 14.5. The Morgan fingerprint density at radius 1 is 1.20 bits per heavy atom. The number of benzene rings is 1. The number of piperazine rings is 1. The average Bonchev–Trinajstić information content (AvgIpc) is 2.39. The van der Waals surface area contributed by atoms with E-state index in [2.05, 4.69) is 21.9 Å². The number of guanidine groups is 2. The van der Waals surface area contributed by atoms with Crippen LogP contribution in [0.2, 0.25) is 0 Å². The first-order valence-electron chi connectivity index (χ1n) is 6.42. The van der Waals surface area contributed by atoms with Crippen molar-refractivity contribution in [2.24, 2.45) is 21.5 Å². The van der Waals surface area contributed by atoms with Gasteiger partial charge in [0.15, 0.2) is 5.96 Å². The number of hydrogen-bond donors (Lipinski definition) is 2. The van der Waals surface area contributed by atoms with Crippen LogP contribution in [-0.2, 0) is 0 Å². The molecule has 2 rings (SSSR count). The van der Waals surface area contributed by atoms with Crippen molar-refractivity contribution in [2.45, 2.75) is 0 Å². The highest BCUT2D eigenvalue weighted by molar-refractivity contribution is 5.94. The first-order valence-corrected chi connectivity index (χ1v) is 6.42. The Balaban J connectivity index is 2.05. The number of nitrogens with zero attached hydrogens (tertiary/aromatic N) is 4. The normalized spacial score (nSPS) is 18.4. The topological polar surface area (TPSA) is 83.2 Å². The minimum absolute atomic E-state index is 0.0204. The summed E-state index contributed by atoms with van der Waals surface area (Å²) in [5, 5.41) is 0. The number of nitrogens with two attached hydrogens (primary N) is 2. The van der Waals surface area contributed by atoms with E-state index in [9.17, 15) is 4.39 Å². The maximum absolute atomic E-state index is 13.0. The Kier molecular flexibility index (Phi) is 4.52. The molecule has 6 nitrogen and oxygen atoms in total. The van der Waals surface area contributed by atoms with Gasteiger partial charge in [0, 0.05) is 26.2 Å². The van der Waals surface area contributed by atoms with Gasteiger partial charge in [0.2, 0.25) is 5.96 Å². The largest absolute Gasteiger partial charge is 0.369 e. The lowest BCUT2D eigenvalue weighted by atomic mass is 10.3. The van der Waals surface area contributed by atoms with E-state index in [1.807, 2.05) is 4.90 Å². The molecular weight excluding hydrogens is 259 g/mol. The van der Waals surface area contributed by atoms with Gasteiger partial charge in [0.05, 0.1) is 5.69 Å². The lowest BCUT2D eigenvalue weighted by molar-refractivity contribution is 0.214. The van der Waals surface area contributed by atoms with Crippen molar-refractivity contribution in [1.82, 2.24) is 9.80 Å². The fraction of sp³-hybridized carbons (Fsp3) is 0.385.